The van der Waals surface area contributed by atoms with Gasteiger partial charge in [-0.25, -0.2) is 4.79 Å². The highest BCUT2D eigenvalue weighted by atomic mass is 16.5. The molecular formula is C17H16O5. The van der Waals surface area contributed by atoms with Gasteiger partial charge in [-0.05, 0) is 29.8 Å². The van der Waals surface area contributed by atoms with Gasteiger partial charge in [0.05, 0.1) is 19.8 Å². The lowest BCUT2D eigenvalue weighted by Gasteiger charge is -2.10. The lowest BCUT2D eigenvalue weighted by Crippen LogP contribution is -2.09. The van der Waals surface area contributed by atoms with Crippen molar-refractivity contribution in [2.24, 2.45) is 0 Å². The van der Waals surface area contributed by atoms with Gasteiger partial charge in [-0.3, -0.25) is 4.79 Å². The Kier molecular flexibility index (Phi) is 4.78. The molecule has 0 atom stereocenters. The third-order valence-electron chi connectivity index (χ3n) is 3.30. The van der Waals surface area contributed by atoms with E-state index < -0.39 is 5.97 Å². The molecule has 0 amide bonds. The highest BCUT2D eigenvalue weighted by Crippen LogP contribution is 2.28. The molecule has 0 aromatic heterocycles. The Morgan fingerprint density at radius 1 is 1.00 bits per heavy atom. The number of benzene rings is 2. The molecule has 0 bridgehead atoms. The second-order valence-corrected chi connectivity index (χ2v) is 4.63. The molecule has 0 heterocycles. The molecule has 22 heavy (non-hydrogen) atoms. The molecule has 2 rings (SSSR count). The Hall–Kier alpha value is -2.82. The summed E-state index contributed by atoms with van der Waals surface area (Å²) < 4.78 is 10.3. The number of rotatable bonds is 6. The van der Waals surface area contributed by atoms with Crippen LogP contribution in [0.15, 0.2) is 42.5 Å². The summed E-state index contributed by atoms with van der Waals surface area (Å²) in [4.78, 5) is 23.5. The molecule has 5 heteroatoms. The molecule has 0 aliphatic heterocycles. The van der Waals surface area contributed by atoms with Crippen molar-refractivity contribution < 1.29 is 24.2 Å². The minimum atomic E-state index is -1.05. The standard InChI is InChI=1S/C17H16O5/c1-21-15-8-7-12(10-16(15)22-2)14(18)9-11-5-3-4-6-13(11)17(19)20/h3-8,10H,9H2,1-2H3,(H,19,20). The quantitative estimate of drug-likeness (QED) is 0.830. The van der Waals surface area contributed by atoms with Crippen LogP contribution in [0, 0.1) is 0 Å². The first-order chi connectivity index (χ1) is 10.6. The smallest absolute Gasteiger partial charge is 0.335 e. The lowest BCUT2D eigenvalue weighted by atomic mass is 9.98. The van der Waals surface area contributed by atoms with Crippen molar-refractivity contribution in [2.75, 3.05) is 14.2 Å². The van der Waals surface area contributed by atoms with E-state index in [0.29, 0.717) is 22.6 Å². The number of hydrogen-bond donors (Lipinski definition) is 1. The first kappa shape index (κ1) is 15.6. The van der Waals surface area contributed by atoms with Crippen LogP contribution in [0.5, 0.6) is 11.5 Å². The van der Waals surface area contributed by atoms with Crippen LogP contribution in [0.4, 0.5) is 0 Å². The summed E-state index contributed by atoms with van der Waals surface area (Å²) in [5.41, 5.74) is 1.06. The largest absolute Gasteiger partial charge is 0.493 e. The van der Waals surface area contributed by atoms with E-state index in [0.717, 1.165) is 0 Å². The third-order valence-corrected chi connectivity index (χ3v) is 3.30. The Balaban J connectivity index is 2.28. The molecule has 0 radical (unpaired) electrons. The van der Waals surface area contributed by atoms with Crippen molar-refractivity contribution in [3.05, 3.63) is 59.2 Å². The SMILES string of the molecule is COc1ccc(C(=O)Cc2ccccc2C(=O)O)cc1OC. The van der Waals surface area contributed by atoms with Crippen LogP contribution in [0.3, 0.4) is 0 Å². The molecule has 0 fully saturated rings. The lowest BCUT2D eigenvalue weighted by molar-refractivity contribution is 0.0696. The summed E-state index contributed by atoms with van der Waals surface area (Å²) in [6.45, 7) is 0. The summed E-state index contributed by atoms with van der Waals surface area (Å²) in [6.07, 6.45) is 0.0119. The first-order valence-electron chi connectivity index (χ1n) is 6.63. The van der Waals surface area contributed by atoms with E-state index in [1.807, 2.05) is 0 Å². The molecule has 0 saturated heterocycles. The zero-order valence-corrected chi connectivity index (χ0v) is 12.3. The number of aromatic carboxylic acids is 1. The maximum Gasteiger partial charge on any atom is 0.335 e. The van der Waals surface area contributed by atoms with Gasteiger partial charge in [0.1, 0.15) is 0 Å². The average Bonchev–Trinajstić information content (AvgIpc) is 2.54. The number of methoxy groups -OCH3 is 2. The molecule has 2 aromatic carbocycles. The molecule has 0 unspecified atom stereocenters. The number of carboxylic acid groups (broad SMARTS) is 1. The molecule has 0 aliphatic carbocycles. The van der Waals surface area contributed by atoms with Crippen LogP contribution < -0.4 is 9.47 Å². The second kappa shape index (κ2) is 6.76. The minimum Gasteiger partial charge on any atom is -0.493 e. The van der Waals surface area contributed by atoms with Gasteiger partial charge in [0.2, 0.25) is 0 Å². The number of hydrogen-bond acceptors (Lipinski definition) is 4. The van der Waals surface area contributed by atoms with Gasteiger partial charge >= 0.3 is 5.97 Å². The molecule has 1 N–H and O–H groups in total. The first-order valence-corrected chi connectivity index (χ1v) is 6.63. The maximum absolute atomic E-state index is 12.4. The average molecular weight is 300 g/mol. The van der Waals surface area contributed by atoms with Crippen LogP contribution >= 0.6 is 0 Å². The zero-order valence-electron chi connectivity index (χ0n) is 12.3. The number of Topliss-reactive ketones (excluding diaryl/α,β-unsaturated/α-hetero) is 1. The summed E-state index contributed by atoms with van der Waals surface area (Å²) >= 11 is 0. The summed E-state index contributed by atoms with van der Waals surface area (Å²) in [5.74, 6) is -0.241. The van der Waals surface area contributed by atoms with Crippen molar-refractivity contribution in [1.82, 2.24) is 0 Å². The molecule has 114 valence electrons. The van der Waals surface area contributed by atoms with Gasteiger partial charge in [0, 0.05) is 12.0 Å². The van der Waals surface area contributed by atoms with Crippen molar-refractivity contribution in [2.45, 2.75) is 6.42 Å². The fourth-order valence-electron chi connectivity index (χ4n) is 2.17. The molecular weight excluding hydrogens is 284 g/mol. The van der Waals surface area contributed by atoms with E-state index in [9.17, 15) is 9.59 Å². The predicted octanol–water partition coefficient (Wildman–Crippen LogP) is 2.83. The molecule has 0 spiro atoms. The normalized spacial score (nSPS) is 10.1. The van der Waals surface area contributed by atoms with Crippen molar-refractivity contribution in [3.63, 3.8) is 0 Å². The second-order valence-electron chi connectivity index (χ2n) is 4.63. The summed E-state index contributed by atoms with van der Waals surface area (Å²) in [7, 11) is 3.01. The molecule has 0 aliphatic rings. The number of carboxylic acids is 1. The Bertz CT molecular complexity index is 706. The van der Waals surface area contributed by atoms with Gasteiger partial charge in [-0.2, -0.15) is 0 Å². The van der Waals surface area contributed by atoms with Gasteiger partial charge in [0.25, 0.3) is 0 Å². The van der Waals surface area contributed by atoms with E-state index in [-0.39, 0.29) is 17.8 Å². The van der Waals surface area contributed by atoms with Gasteiger partial charge in [-0.15, -0.1) is 0 Å². The number of carbonyl (C=O) groups excluding carboxylic acids is 1. The van der Waals surface area contributed by atoms with Crippen molar-refractivity contribution in [3.8, 4) is 11.5 Å². The Morgan fingerprint density at radius 2 is 1.68 bits per heavy atom. The van der Waals surface area contributed by atoms with E-state index in [4.69, 9.17) is 14.6 Å². The Morgan fingerprint density at radius 3 is 2.32 bits per heavy atom. The van der Waals surface area contributed by atoms with Crippen LogP contribution in [-0.4, -0.2) is 31.1 Å². The molecule has 0 saturated carbocycles. The van der Waals surface area contributed by atoms with Gasteiger partial charge in [-0.1, -0.05) is 18.2 Å². The predicted molar refractivity (Wildman–Crippen MR) is 81.0 cm³/mol. The van der Waals surface area contributed by atoms with E-state index in [2.05, 4.69) is 0 Å². The Labute approximate surface area is 128 Å². The van der Waals surface area contributed by atoms with E-state index in [1.165, 1.54) is 20.3 Å². The van der Waals surface area contributed by atoms with Gasteiger partial charge in [0.15, 0.2) is 17.3 Å². The van der Waals surface area contributed by atoms with E-state index >= 15 is 0 Å². The van der Waals surface area contributed by atoms with Crippen LogP contribution in [-0.2, 0) is 6.42 Å². The van der Waals surface area contributed by atoms with E-state index in [1.54, 1.807) is 36.4 Å². The molecule has 5 nitrogen and oxygen atoms in total. The van der Waals surface area contributed by atoms with Crippen molar-refractivity contribution >= 4 is 11.8 Å². The monoisotopic (exact) mass is 300 g/mol. The summed E-state index contributed by atoms with van der Waals surface area (Å²) in [6, 6.07) is 11.3. The van der Waals surface area contributed by atoms with Gasteiger partial charge < -0.3 is 14.6 Å². The fourth-order valence-corrected chi connectivity index (χ4v) is 2.17. The maximum atomic E-state index is 12.4. The topological polar surface area (TPSA) is 72.8 Å². The highest BCUT2D eigenvalue weighted by molar-refractivity contribution is 6.00. The van der Waals surface area contributed by atoms with Crippen LogP contribution in [0.1, 0.15) is 26.3 Å². The minimum absolute atomic E-state index is 0.0119. The van der Waals surface area contributed by atoms with Crippen molar-refractivity contribution in [1.29, 1.82) is 0 Å². The third kappa shape index (κ3) is 3.25. The number of ketones is 1. The zero-order chi connectivity index (χ0) is 16.1. The fraction of sp³-hybridized carbons (Fsp3) is 0.176. The highest BCUT2D eigenvalue weighted by Gasteiger charge is 2.15. The molecule has 2 aromatic rings. The number of ether oxygens (including phenoxy) is 2. The summed E-state index contributed by atoms with van der Waals surface area (Å²) in [5, 5.41) is 9.15. The van der Waals surface area contributed by atoms with Crippen LogP contribution in [0.25, 0.3) is 0 Å². The number of carbonyl (C=O) groups is 2. The van der Waals surface area contributed by atoms with Crippen LogP contribution in [0.2, 0.25) is 0 Å².